The van der Waals surface area contributed by atoms with Crippen LogP contribution in [0.1, 0.15) is 32.4 Å². The van der Waals surface area contributed by atoms with E-state index >= 15 is 0 Å². The van der Waals surface area contributed by atoms with E-state index in [0.29, 0.717) is 10.6 Å². The van der Waals surface area contributed by atoms with Crippen LogP contribution in [0.2, 0.25) is 15.1 Å². The highest BCUT2D eigenvalue weighted by molar-refractivity contribution is 6.40. The highest BCUT2D eigenvalue weighted by Crippen LogP contribution is 2.58. The highest BCUT2D eigenvalue weighted by Gasteiger charge is 2.74. The van der Waals surface area contributed by atoms with Gasteiger partial charge in [-0.2, -0.15) is 0 Å². The van der Waals surface area contributed by atoms with Gasteiger partial charge in [0.05, 0.1) is 28.6 Å². The largest absolute Gasteiger partial charge is 0.349 e. The van der Waals surface area contributed by atoms with Gasteiger partial charge in [0, 0.05) is 21.2 Å². The molecule has 0 bridgehead atoms. The molecule has 1 aliphatic carbocycles. The van der Waals surface area contributed by atoms with Crippen LogP contribution in [0.3, 0.4) is 0 Å². The van der Waals surface area contributed by atoms with Gasteiger partial charge < -0.3 is 4.74 Å². The van der Waals surface area contributed by atoms with Crippen LogP contribution in [0.4, 0.5) is 5.69 Å². The molecule has 9 heteroatoms. The van der Waals surface area contributed by atoms with Crippen molar-refractivity contribution in [3.63, 3.8) is 0 Å². The maximum Gasteiger partial charge on any atom is 0.241 e. The third kappa shape index (κ3) is 2.94. The number of imide groups is 1. The molecule has 0 aromatic heterocycles. The lowest BCUT2D eigenvalue weighted by Crippen LogP contribution is -2.51. The van der Waals surface area contributed by atoms with E-state index in [-0.39, 0.29) is 26.9 Å². The fourth-order valence-corrected chi connectivity index (χ4v) is 5.86. The summed E-state index contributed by atoms with van der Waals surface area (Å²) in [6, 6.07) is 17.2. The number of Topliss-reactive ketones (excluding diaryl/α,β-unsaturated/α-hetero) is 2. The van der Waals surface area contributed by atoms with E-state index in [1.165, 1.54) is 30.3 Å². The molecule has 1 spiro atoms. The van der Waals surface area contributed by atoms with E-state index in [0.717, 1.165) is 4.90 Å². The second-order valence-corrected chi connectivity index (χ2v) is 9.92. The molecule has 2 fully saturated rings. The van der Waals surface area contributed by atoms with E-state index in [2.05, 4.69) is 0 Å². The Labute approximate surface area is 214 Å². The number of rotatable bonds is 2. The summed E-state index contributed by atoms with van der Waals surface area (Å²) in [5.41, 5.74) is -1.24. The van der Waals surface area contributed by atoms with Crippen LogP contribution in [0.15, 0.2) is 66.7 Å². The molecule has 174 valence electrons. The summed E-state index contributed by atoms with van der Waals surface area (Å²) in [6.07, 6.45) is -1.04. The van der Waals surface area contributed by atoms with E-state index < -0.39 is 46.9 Å². The fraction of sp³-hybridized carbons (Fsp3) is 0.154. The predicted molar refractivity (Wildman–Crippen MR) is 129 cm³/mol. The number of hydrogen-bond acceptors (Lipinski definition) is 5. The lowest BCUT2D eigenvalue weighted by Gasteiger charge is -2.27. The summed E-state index contributed by atoms with van der Waals surface area (Å²) in [7, 11) is 0. The second kappa shape index (κ2) is 7.73. The Morgan fingerprint density at radius 2 is 1.34 bits per heavy atom. The first-order chi connectivity index (χ1) is 16.8. The highest BCUT2D eigenvalue weighted by atomic mass is 35.5. The van der Waals surface area contributed by atoms with Crippen LogP contribution in [-0.4, -0.2) is 29.0 Å². The standard InChI is InChI=1S/C26H14Cl3NO5/c27-13-7-5-12(6-8-13)21-19-20(25(34)30(24(19)33)18-11-14(28)9-10-17(18)29)26(35-21)22(31)15-3-1-2-4-16(15)23(26)32/h1-11,19-21H/t19-,20+,21-/m0/s1. The molecule has 2 amide bonds. The monoisotopic (exact) mass is 525 g/mol. The van der Waals surface area contributed by atoms with Crippen LogP contribution < -0.4 is 4.90 Å². The number of carbonyl (C=O) groups excluding carboxylic acids is 4. The minimum Gasteiger partial charge on any atom is -0.349 e. The molecule has 6 nitrogen and oxygen atoms in total. The van der Waals surface area contributed by atoms with Crippen molar-refractivity contribution >= 4 is 63.9 Å². The number of benzene rings is 3. The van der Waals surface area contributed by atoms with Crippen molar-refractivity contribution in [2.24, 2.45) is 11.8 Å². The smallest absolute Gasteiger partial charge is 0.241 e. The molecule has 6 rings (SSSR count). The Hall–Kier alpha value is -3.03. The number of ketones is 2. The Morgan fingerprint density at radius 1 is 0.743 bits per heavy atom. The zero-order chi connectivity index (χ0) is 24.6. The van der Waals surface area contributed by atoms with Crippen LogP contribution in [-0.2, 0) is 14.3 Å². The van der Waals surface area contributed by atoms with Crippen LogP contribution in [0, 0.1) is 11.8 Å². The number of carbonyl (C=O) groups is 4. The van der Waals surface area contributed by atoms with Gasteiger partial charge in [0.2, 0.25) is 29.0 Å². The van der Waals surface area contributed by atoms with Gasteiger partial charge >= 0.3 is 0 Å². The normalized spacial score (nSPS) is 24.4. The second-order valence-electron chi connectivity index (χ2n) is 8.64. The Kier molecular flexibility index (Phi) is 4.96. The number of ether oxygens (including phenoxy) is 1. The van der Waals surface area contributed by atoms with E-state index in [1.807, 2.05) is 0 Å². The van der Waals surface area contributed by atoms with E-state index in [1.54, 1.807) is 36.4 Å². The minimum atomic E-state index is -2.16. The third-order valence-electron chi connectivity index (χ3n) is 6.87. The minimum absolute atomic E-state index is 0.0870. The van der Waals surface area contributed by atoms with E-state index in [4.69, 9.17) is 39.5 Å². The molecular weight excluding hydrogens is 513 g/mol. The van der Waals surface area contributed by atoms with Gasteiger partial charge in [0.1, 0.15) is 0 Å². The number of nitrogens with zero attached hydrogens (tertiary/aromatic N) is 1. The van der Waals surface area contributed by atoms with Gasteiger partial charge in [0.25, 0.3) is 0 Å². The molecule has 0 N–H and O–H groups in total. The van der Waals surface area contributed by atoms with Crippen molar-refractivity contribution in [2.75, 3.05) is 4.90 Å². The van der Waals surface area contributed by atoms with Crippen molar-refractivity contribution in [3.8, 4) is 0 Å². The number of anilines is 1. The molecule has 35 heavy (non-hydrogen) atoms. The first-order valence-electron chi connectivity index (χ1n) is 10.7. The topological polar surface area (TPSA) is 80.8 Å². The maximum atomic E-state index is 13.9. The summed E-state index contributed by atoms with van der Waals surface area (Å²) in [5.74, 6) is -5.15. The molecule has 3 atom stereocenters. The lowest BCUT2D eigenvalue weighted by molar-refractivity contribution is -0.127. The summed E-state index contributed by atoms with van der Waals surface area (Å²) < 4.78 is 6.22. The molecule has 3 aromatic rings. The predicted octanol–water partition coefficient (Wildman–Crippen LogP) is 5.34. The lowest BCUT2D eigenvalue weighted by atomic mass is 9.77. The SMILES string of the molecule is O=C1[C@@H]2[C@H](c3ccc(Cl)cc3)OC3(C(=O)c4ccccc4C3=O)[C@H]2C(=O)N1c1cc(Cl)ccc1Cl. The number of amides is 2. The Balaban J connectivity index is 1.56. The number of hydrogen-bond donors (Lipinski definition) is 0. The zero-order valence-corrected chi connectivity index (χ0v) is 20.0. The van der Waals surface area contributed by atoms with Crippen molar-refractivity contribution in [1.29, 1.82) is 0 Å². The van der Waals surface area contributed by atoms with Crippen molar-refractivity contribution in [3.05, 3.63) is 98.5 Å². The van der Waals surface area contributed by atoms with Crippen molar-refractivity contribution in [2.45, 2.75) is 11.7 Å². The molecule has 0 unspecified atom stereocenters. The van der Waals surface area contributed by atoms with Gasteiger partial charge in [-0.15, -0.1) is 0 Å². The molecule has 0 radical (unpaired) electrons. The quantitative estimate of drug-likeness (QED) is 0.333. The zero-order valence-electron chi connectivity index (χ0n) is 17.7. The summed E-state index contributed by atoms with van der Waals surface area (Å²) >= 11 is 18.5. The van der Waals surface area contributed by atoms with Gasteiger partial charge in [-0.05, 0) is 35.9 Å². The third-order valence-corrected chi connectivity index (χ3v) is 7.67. The first-order valence-corrected chi connectivity index (χ1v) is 11.8. The summed E-state index contributed by atoms with van der Waals surface area (Å²) in [6.45, 7) is 0. The van der Waals surface area contributed by atoms with Crippen LogP contribution in [0.5, 0.6) is 0 Å². The van der Waals surface area contributed by atoms with Gasteiger partial charge in [-0.1, -0.05) is 71.2 Å². The number of fused-ring (bicyclic) bond motifs is 3. The average molecular weight is 527 g/mol. The summed E-state index contributed by atoms with van der Waals surface area (Å²) in [4.78, 5) is 56.1. The Morgan fingerprint density at radius 3 is 1.97 bits per heavy atom. The first kappa shape index (κ1) is 22.4. The van der Waals surface area contributed by atoms with E-state index in [9.17, 15) is 19.2 Å². The molecule has 3 aliphatic rings. The molecule has 2 heterocycles. The molecule has 3 aromatic carbocycles. The van der Waals surface area contributed by atoms with Gasteiger partial charge in [-0.3, -0.25) is 19.2 Å². The van der Waals surface area contributed by atoms with Gasteiger partial charge in [-0.25, -0.2) is 4.90 Å². The van der Waals surface area contributed by atoms with Gasteiger partial charge in [0.15, 0.2) is 0 Å². The number of halogens is 3. The molecular formula is C26H14Cl3NO5. The maximum absolute atomic E-state index is 13.9. The Bertz CT molecular complexity index is 1430. The van der Waals surface area contributed by atoms with Crippen LogP contribution >= 0.6 is 34.8 Å². The molecule has 2 aliphatic heterocycles. The molecule has 2 saturated heterocycles. The van der Waals surface area contributed by atoms with Crippen molar-refractivity contribution < 1.29 is 23.9 Å². The summed E-state index contributed by atoms with van der Waals surface area (Å²) in [5, 5.41) is 0.851. The average Bonchev–Trinajstić information content (AvgIpc) is 3.41. The fourth-order valence-electron chi connectivity index (χ4n) is 5.37. The van der Waals surface area contributed by atoms with Crippen LogP contribution in [0.25, 0.3) is 0 Å². The molecule has 0 saturated carbocycles. The van der Waals surface area contributed by atoms with Crippen molar-refractivity contribution in [1.82, 2.24) is 0 Å².